The van der Waals surface area contributed by atoms with Crippen LogP contribution in [-0.4, -0.2) is 5.90 Å². The largest absolute Gasteiger partial charge is 1.00 e. The van der Waals surface area contributed by atoms with Crippen molar-refractivity contribution in [3.63, 3.8) is 0 Å². The van der Waals surface area contributed by atoms with Crippen molar-refractivity contribution in [2.45, 2.75) is 0 Å². The first-order valence-electron chi connectivity index (χ1n) is 19.8. The topological polar surface area (TPSA) is 0 Å². The molecule has 0 aliphatic carbocycles. The van der Waals surface area contributed by atoms with Crippen molar-refractivity contribution in [3.05, 3.63) is 254 Å². The average molecular weight is 1000 g/mol. The van der Waals surface area contributed by atoms with E-state index in [9.17, 15) is 0 Å². The van der Waals surface area contributed by atoms with Crippen molar-refractivity contribution >= 4 is 80.2 Å². The molecule has 0 fully saturated rings. The molecule has 61 heavy (non-hydrogen) atoms. The fraction of sp³-hybridized carbons (Fsp3) is 0.0175. The van der Waals surface area contributed by atoms with Crippen molar-refractivity contribution in [1.82, 2.24) is 0 Å². The summed E-state index contributed by atoms with van der Waals surface area (Å²) in [6, 6.07) is 81.6. The molecule has 4 heteroatoms. The molecule has 0 saturated carbocycles. The van der Waals surface area contributed by atoms with E-state index >= 15 is 0 Å². The smallest absolute Gasteiger partial charge is 0.366 e. The van der Waals surface area contributed by atoms with Gasteiger partial charge in [-0.15, -0.1) is 35.4 Å². The minimum atomic E-state index is -0.847. The summed E-state index contributed by atoms with van der Waals surface area (Å²) in [6.07, 6.45) is 14.3. The van der Waals surface area contributed by atoms with E-state index in [1.165, 1.54) is 59.4 Å². The Bertz CT molecular complexity index is 2760. The first-order valence-corrected chi connectivity index (χ1v) is 23.2. The van der Waals surface area contributed by atoms with Gasteiger partial charge in [-0.05, 0) is 91.6 Å². The van der Waals surface area contributed by atoms with Crippen LogP contribution in [0.4, 0.5) is 0 Å². The van der Waals surface area contributed by atoms with Crippen LogP contribution in [0.1, 0.15) is 11.1 Å². The Hall–Kier alpha value is -5.30. The molecular formula is C57H42Ag2P2+2. The van der Waals surface area contributed by atoms with Crippen LogP contribution in [-0.2, 0) is 44.8 Å². The van der Waals surface area contributed by atoms with E-state index in [0.717, 1.165) is 21.9 Å². The molecule has 0 saturated heterocycles. The molecule has 0 bridgehead atoms. The van der Waals surface area contributed by atoms with Gasteiger partial charge in [-0.3, -0.25) is 11.8 Å². The number of hydrogen-bond acceptors (Lipinski definition) is 0. The zero-order valence-electron chi connectivity index (χ0n) is 33.2. The summed E-state index contributed by atoms with van der Waals surface area (Å²) < 4.78 is 0. The van der Waals surface area contributed by atoms with Crippen molar-refractivity contribution in [1.29, 1.82) is 0 Å². The average Bonchev–Trinajstić information content (AvgIpc) is 3.33. The molecule has 10 aromatic carbocycles. The maximum absolute atomic E-state index is 7.13. The van der Waals surface area contributed by atoms with E-state index in [1.54, 1.807) is 0 Å². The maximum Gasteiger partial charge on any atom is 1.00 e. The van der Waals surface area contributed by atoms with Gasteiger partial charge in [-0.1, -0.05) is 158 Å². The van der Waals surface area contributed by atoms with Gasteiger partial charge < -0.3 is 12.8 Å². The Labute approximate surface area is 394 Å². The third-order valence-corrected chi connectivity index (χ3v) is 17.6. The SMILES string of the molecule is [Ag+].[Ag+].[C-]#Cc1ccc2c(ccc3ccccc32)c1.[C-]#Cc1ccc2c(ccc3ccccc32)c1.c1ccc([PH+](C[PH+](c2ccccc2)c2ccccc2)c2ccccc2)cc1. The zero-order chi connectivity index (χ0) is 40.2. The van der Waals surface area contributed by atoms with Crippen LogP contribution < -0.4 is 21.2 Å². The number of benzene rings is 10. The van der Waals surface area contributed by atoms with Gasteiger partial charge in [-0.2, -0.15) is 0 Å². The summed E-state index contributed by atoms with van der Waals surface area (Å²) >= 11 is 0. The van der Waals surface area contributed by atoms with Crippen LogP contribution in [0.15, 0.2) is 231 Å². The fourth-order valence-electron chi connectivity index (χ4n) is 7.66. The van der Waals surface area contributed by atoms with E-state index in [0.29, 0.717) is 0 Å². The molecule has 0 N–H and O–H groups in total. The van der Waals surface area contributed by atoms with Gasteiger partial charge in [0.1, 0.15) is 37.1 Å². The Kier molecular flexibility index (Phi) is 16.7. The van der Waals surface area contributed by atoms with Crippen LogP contribution in [0.5, 0.6) is 0 Å². The van der Waals surface area contributed by atoms with E-state index in [-0.39, 0.29) is 44.8 Å². The monoisotopic (exact) mass is 1000 g/mol. The molecule has 0 nitrogen and oxygen atoms in total. The van der Waals surface area contributed by atoms with E-state index < -0.39 is 15.8 Å². The summed E-state index contributed by atoms with van der Waals surface area (Å²) in [7, 11) is -1.69. The van der Waals surface area contributed by atoms with Crippen LogP contribution in [0.2, 0.25) is 0 Å². The molecule has 0 aliphatic rings. The van der Waals surface area contributed by atoms with E-state index in [4.69, 9.17) is 12.8 Å². The van der Waals surface area contributed by atoms with Crippen molar-refractivity contribution in [2.24, 2.45) is 0 Å². The van der Waals surface area contributed by atoms with Crippen LogP contribution in [0.3, 0.4) is 0 Å². The molecular weight excluding hydrogens is 962 g/mol. The summed E-state index contributed by atoms with van der Waals surface area (Å²) in [5.41, 5.74) is 1.64. The fourth-order valence-corrected chi connectivity index (χ4v) is 15.4. The zero-order valence-corrected chi connectivity index (χ0v) is 38.2. The van der Waals surface area contributed by atoms with Gasteiger partial charge in [0, 0.05) is 0 Å². The van der Waals surface area contributed by atoms with Gasteiger partial charge in [-0.25, -0.2) is 0 Å². The molecule has 0 aromatic heterocycles. The Morgan fingerprint density at radius 3 is 0.902 bits per heavy atom. The normalized spacial score (nSPS) is 10.4. The maximum atomic E-state index is 7.13. The Morgan fingerprint density at radius 1 is 0.295 bits per heavy atom. The minimum absolute atomic E-state index is 0. The second-order valence-corrected chi connectivity index (χ2v) is 19.9. The standard InChI is InChI=1S/C25H22P2.2C16H9.2Ag/c1-5-13-22(14-6-1)26(23-15-7-2-8-16-23)21-27(24-17-9-3-10-18-24)25-19-11-4-12-20-25;2*1-2-12-7-10-16-14(11-12)9-8-13-5-3-4-6-15(13)16;;/h1-20H,21H2;2*3-11H;;/q;2*-1;2*+1/p+2. The van der Waals surface area contributed by atoms with Gasteiger partial charge in [0.05, 0.1) is 0 Å². The number of hydrogen-bond donors (Lipinski definition) is 0. The molecule has 0 heterocycles. The Morgan fingerprint density at radius 2 is 0.574 bits per heavy atom. The molecule has 0 amide bonds. The summed E-state index contributed by atoms with van der Waals surface area (Å²) in [5, 5.41) is 15.8. The predicted molar refractivity (Wildman–Crippen MR) is 261 cm³/mol. The predicted octanol–water partition coefficient (Wildman–Crippen LogP) is 12.5. The van der Waals surface area contributed by atoms with Crippen molar-refractivity contribution < 1.29 is 44.8 Å². The Balaban J connectivity index is 0.000000159. The molecule has 10 rings (SSSR count). The molecule has 0 atom stereocenters. The molecule has 0 radical (unpaired) electrons. The van der Waals surface area contributed by atoms with E-state index in [2.05, 4.69) is 206 Å². The molecule has 10 aromatic rings. The number of rotatable bonds is 6. The molecule has 0 aliphatic heterocycles. The van der Waals surface area contributed by atoms with Crippen LogP contribution >= 0.6 is 15.8 Å². The van der Waals surface area contributed by atoms with Crippen molar-refractivity contribution in [3.8, 4) is 11.8 Å². The summed E-state index contributed by atoms with van der Waals surface area (Å²) in [6.45, 7) is 0. The van der Waals surface area contributed by atoms with Gasteiger partial charge in [0.15, 0.2) is 5.90 Å². The quantitative estimate of drug-likeness (QED) is 0.0512. The minimum Gasteiger partial charge on any atom is -0.366 e. The van der Waals surface area contributed by atoms with Crippen LogP contribution in [0.25, 0.3) is 43.1 Å². The third kappa shape index (κ3) is 11.2. The third-order valence-electron chi connectivity index (χ3n) is 10.6. The van der Waals surface area contributed by atoms with Gasteiger partial charge in [0.2, 0.25) is 0 Å². The second kappa shape index (κ2) is 22.5. The summed E-state index contributed by atoms with van der Waals surface area (Å²) in [4.78, 5) is 0. The van der Waals surface area contributed by atoms with Crippen molar-refractivity contribution in [2.75, 3.05) is 5.90 Å². The molecule has 0 spiro atoms. The first kappa shape index (κ1) is 45.2. The van der Waals surface area contributed by atoms with E-state index in [1.807, 2.05) is 36.4 Å². The molecule has 300 valence electrons. The number of fused-ring (bicyclic) bond motifs is 6. The second-order valence-electron chi connectivity index (χ2n) is 14.3. The molecule has 0 unspecified atom stereocenters. The van der Waals surface area contributed by atoms with Gasteiger partial charge >= 0.3 is 44.8 Å². The summed E-state index contributed by atoms with van der Waals surface area (Å²) in [5.74, 6) is 6.08. The van der Waals surface area contributed by atoms with Crippen LogP contribution in [0, 0.1) is 24.7 Å². The van der Waals surface area contributed by atoms with Gasteiger partial charge in [0.25, 0.3) is 0 Å². The first-order chi connectivity index (χ1) is 29.2.